The Morgan fingerprint density at radius 3 is 2.50 bits per heavy atom. The van der Waals surface area contributed by atoms with E-state index in [0.717, 1.165) is 19.3 Å². The third kappa shape index (κ3) is 5.89. The highest BCUT2D eigenvalue weighted by Gasteiger charge is 2.15. The van der Waals surface area contributed by atoms with E-state index in [1.165, 1.54) is 19.3 Å². The van der Waals surface area contributed by atoms with Crippen molar-refractivity contribution in [1.29, 1.82) is 0 Å². The average Bonchev–Trinajstić information content (AvgIpc) is 2.37. The molecule has 0 bridgehead atoms. The Hall–Kier alpha value is -1.26. The number of rotatable bonds is 5. The van der Waals surface area contributed by atoms with E-state index in [1.807, 2.05) is 13.8 Å². The molecule has 0 saturated heterocycles. The van der Waals surface area contributed by atoms with Gasteiger partial charge in [0.15, 0.2) is 0 Å². The van der Waals surface area contributed by atoms with Crippen LogP contribution in [0.15, 0.2) is 0 Å². The summed E-state index contributed by atoms with van der Waals surface area (Å²) in [7, 11) is 0. The van der Waals surface area contributed by atoms with Crippen molar-refractivity contribution in [2.45, 2.75) is 64.5 Å². The quantitative estimate of drug-likeness (QED) is 0.697. The van der Waals surface area contributed by atoms with Gasteiger partial charge in [-0.05, 0) is 26.2 Å². The van der Waals surface area contributed by atoms with Crippen LogP contribution in [0.4, 0.5) is 4.79 Å². The van der Waals surface area contributed by atoms with E-state index in [0.29, 0.717) is 0 Å². The lowest BCUT2D eigenvalue weighted by Gasteiger charge is -2.22. The first-order valence-corrected chi connectivity index (χ1v) is 6.95. The summed E-state index contributed by atoms with van der Waals surface area (Å²) in [6, 6.07) is 0.193. The van der Waals surface area contributed by atoms with Gasteiger partial charge in [-0.15, -0.1) is 0 Å². The smallest absolute Gasteiger partial charge is 0.315 e. The van der Waals surface area contributed by atoms with Gasteiger partial charge >= 0.3 is 6.03 Å². The molecule has 18 heavy (non-hydrogen) atoms. The van der Waals surface area contributed by atoms with Crippen molar-refractivity contribution in [1.82, 2.24) is 16.0 Å². The fraction of sp³-hybridized carbons (Fsp3) is 0.846. The second kappa shape index (κ2) is 7.95. The van der Waals surface area contributed by atoms with Crippen LogP contribution in [-0.2, 0) is 4.79 Å². The first-order chi connectivity index (χ1) is 8.61. The van der Waals surface area contributed by atoms with Gasteiger partial charge in [-0.2, -0.15) is 0 Å². The molecule has 1 fully saturated rings. The van der Waals surface area contributed by atoms with E-state index < -0.39 is 0 Å². The maximum atomic E-state index is 11.6. The molecule has 104 valence electrons. The van der Waals surface area contributed by atoms with Gasteiger partial charge in [0.05, 0.1) is 6.54 Å². The summed E-state index contributed by atoms with van der Waals surface area (Å²) in [5.41, 5.74) is 0. The molecule has 0 heterocycles. The standard InChI is InChI=1S/C13H25N3O2/c1-3-10(2)15-12(17)9-14-13(18)16-11-7-5-4-6-8-11/h10-11H,3-9H2,1-2H3,(H,15,17)(H2,14,16,18). The van der Waals surface area contributed by atoms with Crippen molar-refractivity contribution in [3.63, 3.8) is 0 Å². The zero-order valence-corrected chi connectivity index (χ0v) is 11.4. The van der Waals surface area contributed by atoms with E-state index in [9.17, 15) is 9.59 Å². The summed E-state index contributed by atoms with van der Waals surface area (Å²) in [5.74, 6) is -0.136. The third-order valence-corrected chi connectivity index (χ3v) is 3.37. The molecule has 1 aliphatic carbocycles. The summed E-state index contributed by atoms with van der Waals surface area (Å²) in [4.78, 5) is 23.0. The second-order valence-electron chi connectivity index (χ2n) is 5.04. The molecule has 0 aliphatic heterocycles. The summed E-state index contributed by atoms with van der Waals surface area (Å²) in [6.07, 6.45) is 6.61. The van der Waals surface area contributed by atoms with Gasteiger partial charge < -0.3 is 16.0 Å². The van der Waals surface area contributed by atoms with Crippen molar-refractivity contribution in [2.75, 3.05) is 6.54 Å². The van der Waals surface area contributed by atoms with Gasteiger partial charge in [-0.1, -0.05) is 26.2 Å². The highest BCUT2D eigenvalue weighted by Crippen LogP contribution is 2.16. The van der Waals surface area contributed by atoms with Crippen LogP contribution in [0.3, 0.4) is 0 Å². The Kier molecular flexibility index (Phi) is 6.54. The predicted octanol–water partition coefficient (Wildman–Crippen LogP) is 1.53. The minimum Gasteiger partial charge on any atom is -0.352 e. The molecule has 1 aliphatic rings. The van der Waals surface area contributed by atoms with Gasteiger partial charge in [0.25, 0.3) is 0 Å². The molecule has 0 aromatic heterocycles. The second-order valence-corrected chi connectivity index (χ2v) is 5.04. The maximum Gasteiger partial charge on any atom is 0.315 e. The number of amides is 3. The van der Waals surface area contributed by atoms with Crippen LogP contribution in [0, 0.1) is 0 Å². The monoisotopic (exact) mass is 255 g/mol. The van der Waals surface area contributed by atoms with E-state index in [2.05, 4.69) is 16.0 Å². The topological polar surface area (TPSA) is 70.2 Å². The lowest BCUT2D eigenvalue weighted by atomic mass is 9.96. The van der Waals surface area contributed by atoms with Crippen molar-refractivity contribution in [2.24, 2.45) is 0 Å². The number of hydrogen-bond acceptors (Lipinski definition) is 2. The number of carbonyl (C=O) groups is 2. The van der Waals surface area contributed by atoms with Crippen LogP contribution >= 0.6 is 0 Å². The molecule has 3 amide bonds. The molecule has 1 unspecified atom stereocenters. The first kappa shape index (κ1) is 14.8. The van der Waals surface area contributed by atoms with Crippen molar-refractivity contribution in [3.05, 3.63) is 0 Å². The summed E-state index contributed by atoms with van der Waals surface area (Å²) < 4.78 is 0. The van der Waals surface area contributed by atoms with Crippen molar-refractivity contribution < 1.29 is 9.59 Å². The minimum atomic E-state index is -0.235. The SMILES string of the molecule is CCC(C)NC(=O)CNC(=O)NC1CCCCC1. The zero-order chi connectivity index (χ0) is 13.4. The Labute approximate surface area is 109 Å². The van der Waals surface area contributed by atoms with Crippen LogP contribution in [0.2, 0.25) is 0 Å². The van der Waals surface area contributed by atoms with Crippen molar-refractivity contribution >= 4 is 11.9 Å². The fourth-order valence-electron chi connectivity index (χ4n) is 2.07. The molecule has 1 rings (SSSR count). The summed E-state index contributed by atoms with van der Waals surface area (Å²) >= 11 is 0. The maximum absolute atomic E-state index is 11.6. The predicted molar refractivity (Wildman–Crippen MR) is 71.3 cm³/mol. The Bertz CT molecular complexity index is 275. The van der Waals surface area contributed by atoms with Crippen LogP contribution in [-0.4, -0.2) is 30.6 Å². The molecule has 5 heteroatoms. The van der Waals surface area contributed by atoms with Crippen LogP contribution in [0.5, 0.6) is 0 Å². The van der Waals surface area contributed by atoms with E-state index in [1.54, 1.807) is 0 Å². The number of nitrogens with one attached hydrogen (secondary N) is 3. The Morgan fingerprint density at radius 2 is 1.89 bits per heavy atom. The highest BCUT2D eigenvalue weighted by atomic mass is 16.2. The van der Waals surface area contributed by atoms with Crippen molar-refractivity contribution in [3.8, 4) is 0 Å². The zero-order valence-electron chi connectivity index (χ0n) is 11.4. The molecule has 1 atom stereocenters. The van der Waals surface area contributed by atoms with Gasteiger partial charge in [-0.3, -0.25) is 4.79 Å². The number of hydrogen-bond donors (Lipinski definition) is 3. The van der Waals surface area contributed by atoms with Crippen LogP contribution < -0.4 is 16.0 Å². The fourth-order valence-corrected chi connectivity index (χ4v) is 2.07. The van der Waals surface area contributed by atoms with Gasteiger partial charge in [0.1, 0.15) is 0 Å². The van der Waals surface area contributed by atoms with E-state index in [-0.39, 0.29) is 30.6 Å². The molecule has 1 saturated carbocycles. The number of carbonyl (C=O) groups excluding carboxylic acids is 2. The molecular formula is C13H25N3O2. The molecule has 0 radical (unpaired) electrons. The lowest BCUT2D eigenvalue weighted by molar-refractivity contribution is -0.120. The molecule has 3 N–H and O–H groups in total. The molecular weight excluding hydrogens is 230 g/mol. The normalized spacial score (nSPS) is 17.9. The average molecular weight is 255 g/mol. The van der Waals surface area contributed by atoms with Gasteiger partial charge in [0, 0.05) is 12.1 Å². The van der Waals surface area contributed by atoms with Crippen LogP contribution in [0.25, 0.3) is 0 Å². The molecule has 0 spiro atoms. The van der Waals surface area contributed by atoms with Crippen LogP contribution in [0.1, 0.15) is 52.4 Å². The largest absolute Gasteiger partial charge is 0.352 e. The Balaban J connectivity index is 2.14. The lowest BCUT2D eigenvalue weighted by Crippen LogP contribution is -2.47. The van der Waals surface area contributed by atoms with Gasteiger partial charge in [0.2, 0.25) is 5.91 Å². The summed E-state index contributed by atoms with van der Waals surface area (Å²) in [5, 5.41) is 8.32. The van der Waals surface area contributed by atoms with E-state index in [4.69, 9.17) is 0 Å². The third-order valence-electron chi connectivity index (χ3n) is 3.37. The summed E-state index contributed by atoms with van der Waals surface area (Å²) in [6.45, 7) is 4.00. The van der Waals surface area contributed by atoms with Gasteiger partial charge in [-0.25, -0.2) is 4.79 Å². The molecule has 0 aromatic carbocycles. The number of urea groups is 1. The molecule has 5 nitrogen and oxygen atoms in total. The Morgan fingerprint density at radius 1 is 1.22 bits per heavy atom. The first-order valence-electron chi connectivity index (χ1n) is 6.95. The van der Waals surface area contributed by atoms with E-state index >= 15 is 0 Å². The minimum absolute atomic E-state index is 0.0445. The highest BCUT2D eigenvalue weighted by molar-refractivity contribution is 5.84. The molecule has 0 aromatic rings.